The molecule has 0 saturated carbocycles. The summed E-state index contributed by atoms with van der Waals surface area (Å²) < 4.78 is 0. The van der Waals surface area contributed by atoms with Crippen molar-refractivity contribution in [1.29, 1.82) is 0 Å². The van der Waals surface area contributed by atoms with Gasteiger partial charge in [0.05, 0.1) is 5.37 Å². The summed E-state index contributed by atoms with van der Waals surface area (Å²) >= 11 is 1.89. The molecule has 2 N–H and O–H groups in total. The van der Waals surface area contributed by atoms with Crippen molar-refractivity contribution in [2.24, 2.45) is 5.92 Å². The first kappa shape index (κ1) is 16.8. The third-order valence-electron chi connectivity index (χ3n) is 5.02. The van der Waals surface area contributed by atoms with Gasteiger partial charge in [0.2, 0.25) is 0 Å². The second kappa shape index (κ2) is 7.28. The fourth-order valence-corrected chi connectivity index (χ4v) is 4.65. The predicted molar refractivity (Wildman–Crippen MR) is 102 cm³/mol. The molecule has 2 saturated heterocycles. The number of likely N-dealkylation sites (tertiary alicyclic amines) is 1. The first-order valence-corrected chi connectivity index (χ1v) is 9.74. The van der Waals surface area contributed by atoms with Crippen LogP contribution in [0.1, 0.15) is 12.0 Å². The molecular formula is C20H24N2O2S. The maximum atomic E-state index is 9.67. The van der Waals surface area contributed by atoms with Gasteiger partial charge in [0, 0.05) is 55.4 Å². The van der Waals surface area contributed by atoms with Gasteiger partial charge in [-0.1, -0.05) is 18.2 Å². The zero-order valence-corrected chi connectivity index (χ0v) is 15.0. The topological polar surface area (TPSA) is 46.9 Å². The van der Waals surface area contributed by atoms with E-state index in [-0.39, 0.29) is 0 Å². The average molecular weight is 356 g/mol. The molecule has 0 amide bonds. The van der Waals surface area contributed by atoms with Crippen LogP contribution in [0.3, 0.4) is 0 Å². The highest BCUT2D eigenvalue weighted by Gasteiger charge is 2.29. The molecule has 2 aromatic rings. The molecule has 25 heavy (non-hydrogen) atoms. The summed E-state index contributed by atoms with van der Waals surface area (Å²) in [6.45, 7) is 4.34. The van der Waals surface area contributed by atoms with E-state index in [1.165, 1.54) is 16.9 Å². The summed E-state index contributed by atoms with van der Waals surface area (Å²) in [5.74, 6) is 0.795. The molecule has 2 heterocycles. The normalized spacial score (nSPS) is 21.0. The van der Waals surface area contributed by atoms with Crippen molar-refractivity contribution < 1.29 is 10.2 Å². The third-order valence-corrected chi connectivity index (χ3v) is 6.33. The van der Waals surface area contributed by atoms with Crippen LogP contribution in [0.15, 0.2) is 53.4 Å². The molecule has 4 rings (SSSR count). The van der Waals surface area contributed by atoms with Crippen LogP contribution in [0, 0.1) is 5.92 Å². The minimum absolute atomic E-state index is 0.309. The van der Waals surface area contributed by atoms with Gasteiger partial charge < -0.3 is 15.1 Å². The van der Waals surface area contributed by atoms with Crippen LogP contribution in [0.4, 0.5) is 5.69 Å². The number of thioether (sulfide) groups is 1. The monoisotopic (exact) mass is 356 g/mol. The molecule has 132 valence electrons. The number of benzene rings is 2. The largest absolute Gasteiger partial charge is 0.508 e. The summed E-state index contributed by atoms with van der Waals surface area (Å²) in [4.78, 5) is 6.00. The van der Waals surface area contributed by atoms with Gasteiger partial charge >= 0.3 is 0 Å². The van der Waals surface area contributed by atoms with Crippen LogP contribution in [0.2, 0.25) is 0 Å². The minimum Gasteiger partial charge on any atom is -0.508 e. The maximum Gasteiger partial charge on any atom is 0.117 e. The van der Waals surface area contributed by atoms with Gasteiger partial charge in [0.25, 0.3) is 0 Å². The molecule has 0 aliphatic carbocycles. The van der Waals surface area contributed by atoms with Crippen molar-refractivity contribution >= 4 is 17.4 Å². The Morgan fingerprint density at radius 2 is 1.88 bits per heavy atom. The van der Waals surface area contributed by atoms with E-state index in [0.717, 1.165) is 31.9 Å². The van der Waals surface area contributed by atoms with E-state index in [1.807, 2.05) is 23.9 Å². The number of anilines is 1. The number of nitrogens with zero attached hydrogens (tertiary/aromatic N) is 2. The summed E-state index contributed by atoms with van der Waals surface area (Å²) in [7, 11) is 0. The Morgan fingerprint density at radius 1 is 1.08 bits per heavy atom. The summed E-state index contributed by atoms with van der Waals surface area (Å²) in [5.41, 5.74) is 2.43. The lowest BCUT2D eigenvalue weighted by molar-refractivity contribution is 0.0479. The van der Waals surface area contributed by atoms with Crippen molar-refractivity contribution in [3.05, 3.63) is 54.1 Å². The van der Waals surface area contributed by atoms with E-state index in [1.54, 1.807) is 6.07 Å². The Kier molecular flexibility index (Phi) is 4.88. The first-order chi connectivity index (χ1) is 12.2. The molecule has 0 spiro atoms. The van der Waals surface area contributed by atoms with E-state index in [2.05, 4.69) is 40.1 Å². The van der Waals surface area contributed by atoms with Gasteiger partial charge in [-0.2, -0.15) is 0 Å². The smallest absolute Gasteiger partial charge is 0.117 e. The average Bonchev–Trinajstić information content (AvgIpc) is 2.56. The standard InChI is InChI=1S/C20H24N2O2S/c23-14-16-12-21(13-16)11-15-4-6-19(7-5-15)25-20-8-9-22(20)17-2-1-3-18(24)10-17/h1-7,10,16,20,23-24H,8-9,11-14H2. The lowest BCUT2D eigenvalue weighted by Gasteiger charge is -2.42. The zero-order chi connectivity index (χ0) is 17.2. The second-order valence-electron chi connectivity index (χ2n) is 6.96. The Balaban J connectivity index is 1.32. The summed E-state index contributed by atoms with van der Waals surface area (Å²) in [6, 6.07) is 16.4. The van der Waals surface area contributed by atoms with Gasteiger partial charge in [-0.3, -0.25) is 4.90 Å². The highest BCUT2D eigenvalue weighted by Crippen LogP contribution is 2.38. The number of phenolic OH excluding ortho intramolecular Hbond substituents is 1. The van der Waals surface area contributed by atoms with Gasteiger partial charge in [-0.05, 0) is 36.2 Å². The molecule has 0 bridgehead atoms. The number of aliphatic hydroxyl groups excluding tert-OH is 1. The van der Waals surface area contributed by atoms with E-state index >= 15 is 0 Å². The summed E-state index contributed by atoms with van der Waals surface area (Å²) in [6.07, 6.45) is 1.17. The lowest BCUT2D eigenvalue weighted by Crippen LogP contribution is -2.47. The number of phenols is 1. The van der Waals surface area contributed by atoms with Gasteiger partial charge in [-0.15, -0.1) is 11.8 Å². The summed E-state index contributed by atoms with van der Waals surface area (Å²) in [5, 5.41) is 19.2. The molecule has 5 heteroatoms. The molecular weight excluding hydrogens is 332 g/mol. The molecule has 4 nitrogen and oxygen atoms in total. The van der Waals surface area contributed by atoms with Gasteiger partial charge in [0.1, 0.15) is 5.75 Å². The van der Waals surface area contributed by atoms with E-state index in [9.17, 15) is 5.11 Å². The van der Waals surface area contributed by atoms with Crippen molar-refractivity contribution in [3.63, 3.8) is 0 Å². The van der Waals surface area contributed by atoms with Crippen molar-refractivity contribution in [2.45, 2.75) is 23.2 Å². The molecule has 2 aliphatic heterocycles. The Bertz CT molecular complexity index is 716. The van der Waals surface area contributed by atoms with Crippen molar-refractivity contribution in [3.8, 4) is 5.75 Å². The van der Waals surface area contributed by atoms with E-state index < -0.39 is 0 Å². The number of hydrogen-bond acceptors (Lipinski definition) is 5. The van der Waals surface area contributed by atoms with Crippen LogP contribution in [0.25, 0.3) is 0 Å². The predicted octanol–water partition coefficient (Wildman–Crippen LogP) is 3.14. The van der Waals surface area contributed by atoms with Gasteiger partial charge in [-0.25, -0.2) is 0 Å². The van der Waals surface area contributed by atoms with Crippen molar-refractivity contribution in [2.75, 3.05) is 31.1 Å². The first-order valence-electron chi connectivity index (χ1n) is 8.86. The SMILES string of the molecule is OCC1CN(Cc2ccc(SC3CCN3c3cccc(O)c3)cc2)C1. The molecule has 1 unspecified atom stereocenters. The maximum absolute atomic E-state index is 9.67. The van der Waals surface area contributed by atoms with Crippen LogP contribution >= 0.6 is 11.8 Å². The molecule has 2 aliphatic rings. The van der Waals surface area contributed by atoms with E-state index in [4.69, 9.17) is 5.11 Å². The number of aromatic hydroxyl groups is 1. The number of aliphatic hydroxyl groups is 1. The molecule has 2 fully saturated rings. The Morgan fingerprint density at radius 3 is 2.52 bits per heavy atom. The van der Waals surface area contributed by atoms with Crippen LogP contribution in [0.5, 0.6) is 5.75 Å². The Hall–Kier alpha value is -1.69. The lowest BCUT2D eigenvalue weighted by atomic mass is 10.0. The number of hydrogen-bond donors (Lipinski definition) is 2. The molecule has 1 atom stereocenters. The minimum atomic E-state index is 0.309. The Labute approximate surface area is 153 Å². The van der Waals surface area contributed by atoms with Crippen LogP contribution < -0.4 is 4.90 Å². The number of rotatable bonds is 6. The van der Waals surface area contributed by atoms with Gasteiger partial charge in [0.15, 0.2) is 0 Å². The second-order valence-corrected chi connectivity index (χ2v) is 8.21. The zero-order valence-electron chi connectivity index (χ0n) is 14.2. The highest BCUT2D eigenvalue weighted by atomic mass is 32.2. The third kappa shape index (κ3) is 3.78. The molecule has 2 aromatic carbocycles. The fourth-order valence-electron chi connectivity index (χ4n) is 3.46. The molecule has 0 aromatic heterocycles. The quantitative estimate of drug-likeness (QED) is 0.833. The van der Waals surface area contributed by atoms with Crippen LogP contribution in [-0.4, -0.2) is 46.7 Å². The van der Waals surface area contributed by atoms with Crippen molar-refractivity contribution in [1.82, 2.24) is 4.90 Å². The molecule has 0 radical (unpaired) electrons. The highest BCUT2D eigenvalue weighted by molar-refractivity contribution is 8.00. The fraction of sp³-hybridized carbons (Fsp3) is 0.400. The van der Waals surface area contributed by atoms with Crippen LogP contribution in [-0.2, 0) is 6.54 Å². The van der Waals surface area contributed by atoms with E-state index in [0.29, 0.717) is 23.6 Å².